The zero-order valence-corrected chi connectivity index (χ0v) is 18.5. The van der Waals surface area contributed by atoms with Crippen LogP contribution in [0, 0.1) is 0 Å². The highest BCUT2D eigenvalue weighted by Gasteiger charge is 2.16. The minimum absolute atomic E-state index is 0.207. The number of hydrogen-bond donors (Lipinski definition) is 4. The number of rotatable bonds is 10. The van der Waals surface area contributed by atoms with E-state index in [0.29, 0.717) is 19.6 Å². The summed E-state index contributed by atoms with van der Waals surface area (Å²) in [4.78, 5) is 1.95. The molecular formula is C25H35NO4. The first kappa shape index (κ1) is 23.9. The largest absolute Gasteiger partial charge is 0.508 e. The molecule has 0 radical (unpaired) electrons. The third kappa shape index (κ3) is 6.59. The van der Waals surface area contributed by atoms with Crippen molar-refractivity contribution in [3.8, 4) is 11.5 Å². The number of nitrogens with zero attached hydrogens (tertiary/aromatic N) is 1. The molecule has 0 amide bonds. The van der Waals surface area contributed by atoms with Crippen LogP contribution < -0.4 is 0 Å². The summed E-state index contributed by atoms with van der Waals surface area (Å²) >= 11 is 0. The second kappa shape index (κ2) is 11.2. The molecule has 5 heteroatoms. The van der Waals surface area contributed by atoms with Crippen LogP contribution in [0.3, 0.4) is 0 Å². The fourth-order valence-corrected chi connectivity index (χ4v) is 3.94. The first-order valence-electron chi connectivity index (χ1n) is 10.7. The summed E-state index contributed by atoms with van der Waals surface area (Å²) in [6.45, 7) is 8.94. The minimum Gasteiger partial charge on any atom is -0.508 e. The van der Waals surface area contributed by atoms with Gasteiger partial charge in [0, 0.05) is 25.2 Å². The van der Waals surface area contributed by atoms with Crippen molar-refractivity contribution in [1.29, 1.82) is 0 Å². The molecule has 0 heterocycles. The van der Waals surface area contributed by atoms with Gasteiger partial charge in [-0.3, -0.25) is 4.90 Å². The van der Waals surface area contributed by atoms with Crippen LogP contribution in [-0.4, -0.2) is 50.6 Å². The molecule has 0 fully saturated rings. The van der Waals surface area contributed by atoms with E-state index in [4.69, 9.17) is 0 Å². The van der Waals surface area contributed by atoms with Crippen molar-refractivity contribution < 1.29 is 20.4 Å². The van der Waals surface area contributed by atoms with Crippen LogP contribution in [0.4, 0.5) is 0 Å². The maximum atomic E-state index is 10.5. The van der Waals surface area contributed by atoms with Gasteiger partial charge in [-0.25, -0.2) is 0 Å². The van der Waals surface area contributed by atoms with Crippen molar-refractivity contribution >= 4 is 11.1 Å². The van der Waals surface area contributed by atoms with Crippen LogP contribution in [0.2, 0.25) is 0 Å². The Morgan fingerprint density at radius 1 is 0.800 bits per heavy atom. The summed E-state index contributed by atoms with van der Waals surface area (Å²) in [7, 11) is 0. The first-order valence-corrected chi connectivity index (χ1v) is 10.7. The van der Waals surface area contributed by atoms with Crippen LogP contribution >= 0.6 is 0 Å². The Morgan fingerprint density at radius 3 is 1.80 bits per heavy atom. The number of allylic oxidation sites excluding steroid dienone is 2. The topological polar surface area (TPSA) is 84.2 Å². The number of phenolic OH excluding ortho intramolecular Hbond substituents is 2. The van der Waals surface area contributed by atoms with Gasteiger partial charge in [0.1, 0.15) is 11.5 Å². The van der Waals surface area contributed by atoms with E-state index < -0.39 is 12.2 Å². The zero-order valence-electron chi connectivity index (χ0n) is 18.5. The molecule has 30 heavy (non-hydrogen) atoms. The fraction of sp³-hybridized carbons (Fsp3) is 0.440. The monoisotopic (exact) mass is 413 g/mol. The second-order valence-electron chi connectivity index (χ2n) is 7.95. The van der Waals surface area contributed by atoms with Gasteiger partial charge >= 0.3 is 0 Å². The van der Waals surface area contributed by atoms with Crippen molar-refractivity contribution in [1.82, 2.24) is 4.90 Å². The van der Waals surface area contributed by atoms with Gasteiger partial charge in [0.25, 0.3) is 0 Å². The normalized spacial score (nSPS) is 14.5. The molecule has 0 spiro atoms. The van der Waals surface area contributed by atoms with E-state index >= 15 is 0 Å². The van der Waals surface area contributed by atoms with Crippen molar-refractivity contribution in [3.63, 3.8) is 0 Å². The van der Waals surface area contributed by atoms with E-state index in [2.05, 4.69) is 13.8 Å². The van der Waals surface area contributed by atoms with Gasteiger partial charge in [-0.2, -0.15) is 0 Å². The number of aliphatic hydroxyl groups is 2. The molecular weight excluding hydrogens is 378 g/mol. The van der Waals surface area contributed by atoms with Crippen LogP contribution in [-0.2, 0) is 6.54 Å². The summed E-state index contributed by atoms with van der Waals surface area (Å²) in [5, 5.41) is 39.7. The average molecular weight is 414 g/mol. The van der Waals surface area contributed by atoms with Gasteiger partial charge in [-0.15, -0.1) is 0 Å². The van der Waals surface area contributed by atoms with Crippen LogP contribution in [0.5, 0.6) is 11.5 Å². The number of hydrogen-bond acceptors (Lipinski definition) is 5. The Bertz CT molecular complexity index is 831. The number of aromatic hydroxyl groups is 2. The molecule has 0 aromatic heterocycles. The Kier molecular flexibility index (Phi) is 8.90. The van der Waals surface area contributed by atoms with Crippen LogP contribution in [0.15, 0.2) is 42.5 Å². The molecule has 5 nitrogen and oxygen atoms in total. The molecule has 2 unspecified atom stereocenters. The Morgan fingerprint density at radius 2 is 1.30 bits per heavy atom. The fourth-order valence-electron chi connectivity index (χ4n) is 3.94. The third-order valence-electron chi connectivity index (χ3n) is 5.15. The highest BCUT2D eigenvalue weighted by molar-refractivity contribution is 5.91. The molecule has 2 aromatic carbocycles. The smallest absolute Gasteiger partial charge is 0.120 e. The van der Waals surface area contributed by atoms with Crippen molar-refractivity contribution in [2.45, 2.75) is 59.3 Å². The first-order chi connectivity index (χ1) is 14.2. The maximum Gasteiger partial charge on any atom is 0.120 e. The molecule has 2 atom stereocenters. The maximum absolute atomic E-state index is 10.5. The zero-order chi connectivity index (χ0) is 22.3. The van der Waals surface area contributed by atoms with E-state index in [1.165, 1.54) is 11.1 Å². The van der Waals surface area contributed by atoms with Gasteiger partial charge in [0.2, 0.25) is 0 Å². The molecule has 0 aliphatic heterocycles. The quantitative estimate of drug-likeness (QED) is 0.434. The van der Waals surface area contributed by atoms with Crippen molar-refractivity contribution in [2.75, 3.05) is 13.1 Å². The van der Waals surface area contributed by atoms with Gasteiger partial charge in [-0.05, 0) is 73.2 Å². The Hall–Kier alpha value is -2.34. The Labute approximate surface area is 179 Å². The summed E-state index contributed by atoms with van der Waals surface area (Å²) in [6, 6.07) is 12.9. The summed E-state index contributed by atoms with van der Waals surface area (Å²) in [5.74, 6) is 0.452. The minimum atomic E-state index is -0.527. The summed E-state index contributed by atoms with van der Waals surface area (Å²) in [6.07, 6.45) is 0.627. The molecule has 0 bridgehead atoms. The number of aliphatic hydroxyl groups excluding tert-OH is 2. The third-order valence-corrected chi connectivity index (χ3v) is 5.15. The SMILES string of the molecule is CC/C(=C(\CC)c1ccc(O)c(CN(CC(C)O)CC(C)O)c1)c1ccc(O)cc1. The van der Waals surface area contributed by atoms with Gasteiger partial charge in [0.05, 0.1) is 12.2 Å². The van der Waals surface area contributed by atoms with Gasteiger partial charge in [0.15, 0.2) is 0 Å². The standard InChI is InChI=1S/C25H35NO4/c1-5-23(19-7-10-22(29)11-8-19)24(6-2)20-9-12-25(30)21(13-20)16-26(14-17(3)27)15-18(4)28/h7-13,17-18,27-30H,5-6,14-16H2,1-4H3/b24-23-. The summed E-state index contributed by atoms with van der Waals surface area (Å²) in [5.41, 5.74) is 5.29. The molecule has 4 N–H and O–H groups in total. The average Bonchev–Trinajstić information content (AvgIpc) is 2.68. The Balaban J connectivity index is 2.44. The molecule has 164 valence electrons. The van der Waals surface area contributed by atoms with Crippen LogP contribution in [0.1, 0.15) is 57.2 Å². The lowest BCUT2D eigenvalue weighted by Gasteiger charge is -2.26. The van der Waals surface area contributed by atoms with E-state index in [0.717, 1.165) is 29.5 Å². The molecule has 0 saturated heterocycles. The molecule has 0 aliphatic rings. The molecule has 2 rings (SSSR count). The molecule has 0 saturated carbocycles. The van der Waals surface area contributed by atoms with E-state index in [1.807, 2.05) is 29.2 Å². The predicted octanol–water partition coefficient (Wildman–Crippen LogP) is 4.39. The number of phenols is 2. The highest BCUT2D eigenvalue weighted by atomic mass is 16.3. The van der Waals surface area contributed by atoms with Crippen LogP contribution in [0.25, 0.3) is 11.1 Å². The summed E-state index contributed by atoms with van der Waals surface area (Å²) < 4.78 is 0. The lowest BCUT2D eigenvalue weighted by Crippen LogP contribution is -2.35. The van der Waals surface area contributed by atoms with E-state index in [1.54, 1.807) is 32.0 Å². The van der Waals surface area contributed by atoms with E-state index in [9.17, 15) is 20.4 Å². The lowest BCUT2D eigenvalue weighted by atomic mass is 9.90. The van der Waals surface area contributed by atoms with Crippen molar-refractivity contribution in [2.24, 2.45) is 0 Å². The highest BCUT2D eigenvalue weighted by Crippen LogP contribution is 2.34. The predicted molar refractivity (Wildman–Crippen MR) is 122 cm³/mol. The van der Waals surface area contributed by atoms with Crippen molar-refractivity contribution in [3.05, 3.63) is 59.2 Å². The lowest BCUT2D eigenvalue weighted by molar-refractivity contribution is 0.0789. The molecule has 2 aromatic rings. The number of benzene rings is 2. The molecule has 0 aliphatic carbocycles. The van der Waals surface area contributed by atoms with Gasteiger partial charge < -0.3 is 20.4 Å². The van der Waals surface area contributed by atoms with Gasteiger partial charge in [-0.1, -0.05) is 32.0 Å². The van der Waals surface area contributed by atoms with E-state index in [-0.39, 0.29) is 11.5 Å². The second-order valence-corrected chi connectivity index (χ2v) is 7.95.